The SMILES string of the molecule is Cc1ccc(Nc2nc(N3CCN(CCO)CC3)nc3c2C(=O)CCC3)cc1. The first-order valence-electron chi connectivity index (χ1n) is 10.00. The van der Waals surface area contributed by atoms with Gasteiger partial charge in [-0.15, -0.1) is 0 Å². The number of hydrogen-bond acceptors (Lipinski definition) is 7. The maximum atomic E-state index is 12.6. The Labute approximate surface area is 165 Å². The number of benzene rings is 1. The van der Waals surface area contributed by atoms with Crippen molar-refractivity contribution in [3.8, 4) is 0 Å². The summed E-state index contributed by atoms with van der Waals surface area (Å²) in [6.07, 6.45) is 2.21. The van der Waals surface area contributed by atoms with Crippen LogP contribution >= 0.6 is 0 Å². The van der Waals surface area contributed by atoms with E-state index in [0.29, 0.717) is 30.3 Å². The van der Waals surface area contributed by atoms with Crippen molar-refractivity contribution in [3.63, 3.8) is 0 Å². The highest BCUT2D eigenvalue weighted by Gasteiger charge is 2.27. The lowest BCUT2D eigenvalue weighted by atomic mass is 9.95. The van der Waals surface area contributed by atoms with Gasteiger partial charge in [0.25, 0.3) is 0 Å². The molecule has 1 aromatic heterocycles. The molecule has 1 fully saturated rings. The van der Waals surface area contributed by atoms with E-state index in [-0.39, 0.29) is 12.4 Å². The van der Waals surface area contributed by atoms with Crippen LogP contribution in [0.15, 0.2) is 24.3 Å². The summed E-state index contributed by atoms with van der Waals surface area (Å²) >= 11 is 0. The van der Waals surface area contributed by atoms with E-state index in [1.807, 2.05) is 31.2 Å². The van der Waals surface area contributed by atoms with Gasteiger partial charge in [-0.25, -0.2) is 4.98 Å². The minimum absolute atomic E-state index is 0.121. The monoisotopic (exact) mass is 381 g/mol. The zero-order valence-electron chi connectivity index (χ0n) is 16.3. The molecule has 0 bridgehead atoms. The number of piperazine rings is 1. The van der Waals surface area contributed by atoms with E-state index in [1.54, 1.807) is 0 Å². The minimum Gasteiger partial charge on any atom is -0.395 e. The van der Waals surface area contributed by atoms with E-state index in [4.69, 9.17) is 15.1 Å². The number of Topliss-reactive ketones (excluding diaryl/α,β-unsaturated/α-hetero) is 1. The van der Waals surface area contributed by atoms with E-state index < -0.39 is 0 Å². The van der Waals surface area contributed by atoms with Crippen LogP contribution in [-0.4, -0.2) is 65.1 Å². The van der Waals surface area contributed by atoms with Crippen molar-refractivity contribution >= 4 is 23.2 Å². The molecular formula is C21H27N5O2. The third-order valence-electron chi connectivity index (χ3n) is 5.45. The van der Waals surface area contributed by atoms with E-state index in [1.165, 1.54) is 5.56 Å². The van der Waals surface area contributed by atoms with Gasteiger partial charge in [0.1, 0.15) is 5.82 Å². The Bertz CT molecular complexity index is 845. The number of hydrogen-bond donors (Lipinski definition) is 2. The van der Waals surface area contributed by atoms with Gasteiger partial charge >= 0.3 is 0 Å². The number of ketones is 1. The molecule has 28 heavy (non-hydrogen) atoms. The normalized spacial score (nSPS) is 17.5. The summed E-state index contributed by atoms with van der Waals surface area (Å²) in [7, 11) is 0. The Morgan fingerprint density at radius 2 is 1.82 bits per heavy atom. The molecule has 4 rings (SSSR count). The van der Waals surface area contributed by atoms with Crippen LogP contribution in [0.2, 0.25) is 0 Å². The number of anilines is 3. The first-order valence-corrected chi connectivity index (χ1v) is 10.00. The third kappa shape index (κ3) is 4.00. The van der Waals surface area contributed by atoms with Gasteiger partial charge in [-0.1, -0.05) is 17.7 Å². The van der Waals surface area contributed by atoms with Crippen LogP contribution in [0.1, 0.15) is 34.5 Å². The fourth-order valence-electron chi connectivity index (χ4n) is 3.83. The molecule has 2 heterocycles. The smallest absolute Gasteiger partial charge is 0.227 e. The van der Waals surface area contributed by atoms with Gasteiger partial charge in [-0.3, -0.25) is 9.69 Å². The topological polar surface area (TPSA) is 81.6 Å². The predicted molar refractivity (Wildman–Crippen MR) is 110 cm³/mol. The van der Waals surface area contributed by atoms with Crippen molar-refractivity contribution in [1.82, 2.24) is 14.9 Å². The Kier molecular flexibility index (Phi) is 5.54. The first-order chi connectivity index (χ1) is 13.6. The number of aliphatic hydroxyl groups excluding tert-OH is 1. The number of nitrogens with one attached hydrogen (secondary N) is 1. The standard InChI is InChI=1S/C21H27N5O2/c1-15-5-7-16(8-6-15)22-20-19-17(3-2-4-18(19)28)23-21(24-20)26-11-9-25(10-12-26)13-14-27/h5-8,27H,2-4,9-14H2,1H3,(H,22,23,24). The molecule has 2 N–H and O–H groups in total. The summed E-state index contributed by atoms with van der Waals surface area (Å²) < 4.78 is 0. The first kappa shape index (κ1) is 18.8. The van der Waals surface area contributed by atoms with Crippen LogP contribution in [0.25, 0.3) is 0 Å². The fraction of sp³-hybridized carbons (Fsp3) is 0.476. The van der Waals surface area contributed by atoms with Crippen molar-refractivity contribution in [2.45, 2.75) is 26.2 Å². The molecule has 1 aromatic carbocycles. The molecule has 2 aromatic rings. The molecule has 0 amide bonds. The quantitative estimate of drug-likeness (QED) is 0.821. The molecule has 0 spiro atoms. The van der Waals surface area contributed by atoms with E-state index in [9.17, 15) is 4.79 Å². The average molecular weight is 381 g/mol. The van der Waals surface area contributed by atoms with Crippen molar-refractivity contribution in [1.29, 1.82) is 0 Å². The van der Waals surface area contributed by atoms with Crippen LogP contribution in [0.4, 0.5) is 17.5 Å². The van der Waals surface area contributed by atoms with Crippen molar-refractivity contribution in [3.05, 3.63) is 41.1 Å². The van der Waals surface area contributed by atoms with Crippen molar-refractivity contribution < 1.29 is 9.90 Å². The number of fused-ring (bicyclic) bond motifs is 1. The largest absolute Gasteiger partial charge is 0.395 e. The molecule has 0 saturated carbocycles. The number of aromatic nitrogens is 2. The molecule has 2 aliphatic rings. The molecule has 148 valence electrons. The van der Waals surface area contributed by atoms with E-state index >= 15 is 0 Å². The molecule has 1 saturated heterocycles. The van der Waals surface area contributed by atoms with Gasteiger partial charge in [0.15, 0.2) is 5.78 Å². The molecular weight excluding hydrogens is 354 g/mol. The molecule has 0 unspecified atom stereocenters. The molecule has 0 radical (unpaired) electrons. The molecule has 1 aliphatic heterocycles. The lowest BCUT2D eigenvalue weighted by Gasteiger charge is -2.35. The zero-order valence-corrected chi connectivity index (χ0v) is 16.3. The fourth-order valence-corrected chi connectivity index (χ4v) is 3.83. The Balaban J connectivity index is 1.63. The second-order valence-corrected chi connectivity index (χ2v) is 7.51. The maximum absolute atomic E-state index is 12.6. The van der Waals surface area contributed by atoms with Crippen LogP contribution < -0.4 is 10.2 Å². The summed E-state index contributed by atoms with van der Waals surface area (Å²) in [5.74, 6) is 1.42. The molecule has 1 aliphatic carbocycles. The number of aliphatic hydroxyl groups is 1. The van der Waals surface area contributed by atoms with Gasteiger partial charge in [0, 0.05) is 44.8 Å². The number of rotatable bonds is 5. The summed E-state index contributed by atoms with van der Waals surface area (Å²) in [5, 5.41) is 12.5. The minimum atomic E-state index is 0.121. The highest BCUT2D eigenvalue weighted by Crippen LogP contribution is 2.30. The molecule has 7 heteroatoms. The van der Waals surface area contributed by atoms with E-state index in [0.717, 1.165) is 50.4 Å². The van der Waals surface area contributed by atoms with E-state index in [2.05, 4.69) is 15.1 Å². The van der Waals surface area contributed by atoms with Crippen molar-refractivity contribution in [2.75, 3.05) is 49.5 Å². The lowest BCUT2D eigenvalue weighted by Crippen LogP contribution is -2.48. The second-order valence-electron chi connectivity index (χ2n) is 7.51. The van der Waals surface area contributed by atoms with Crippen LogP contribution in [0.3, 0.4) is 0 Å². The van der Waals surface area contributed by atoms with Gasteiger partial charge in [-0.2, -0.15) is 4.98 Å². The molecule has 0 atom stereocenters. The zero-order chi connectivity index (χ0) is 19.5. The lowest BCUT2D eigenvalue weighted by molar-refractivity contribution is 0.0972. The number of aryl methyl sites for hydroxylation is 2. The summed E-state index contributed by atoms with van der Waals surface area (Å²) in [5.41, 5.74) is 3.61. The summed E-state index contributed by atoms with van der Waals surface area (Å²) in [6.45, 7) is 6.32. The number of carbonyl (C=O) groups excluding carboxylic acids is 1. The van der Waals surface area contributed by atoms with Crippen molar-refractivity contribution in [2.24, 2.45) is 0 Å². The Hall–Kier alpha value is -2.51. The predicted octanol–water partition coefficient (Wildman–Crippen LogP) is 2.16. The Morgan fingerprint density at radius 1 is 1.07 bits per heavy atom. The van der Waals surface area contributed by atoms with Gasteiger partial charge in [-0.05, 0) is 31.9 Å². The van der Waals surface area contributed by atoms with Gasteiger partial charge in [0.2, 0.25) is 5.95 Å². The number of carbonyl (C=O) groups is 1. The van der Waals surface area contributed by atoms with Crippen LogP contribution in [0.5, 0.6) is 0 Å². The highest BCUT2D eigenvalue weighted by molar-refractivity contribution is 6.03. The Morgan fingerprint density at radius 3 is 2.54 bits per heavy atom. The van der Waals surface area contributed by atoms with Gasteiger partial charge in [0.05, 0.1) is 17.9 Å². The maximum Gasteiger partial charge on any atom is 0.227 e. The molecule has 7 nitrogen and oxygen atoms in total. The average Bonchev–Trinajstić information content (AvgIpc) is 2.70. The van der Waals surface area contributed by atoms with Crippen LogP contribution in [0, 0.1) is 6.92 Å². The second kappa shape index (κ2) is 8.24. The number of β-amino-alcohol motifs (C(OH)–C–C–N with tert-alkyl or cyclic N) is 1. The number of nitrogens with zero attached hydrogens (tertiary/aromatic N) is 4. The van der Waals surface area contributed by atoms with Gasteiger partial charge < -0.3 is 15.3 Å². The summed E-state index contributed by atoms with van der Waals surface area (Å²) in [6, 6.07) is 8.09. The highest BCUT2D eigenvalue weighted by atomic mass is 16.3. The third-order valence-corrected chi connectivity index (χ3v) is 5.45. The van der Waals surface area contributed by atoms with Crippen LogP contribution in [-0.2, 0) is 6.42 Å². The summed E-state index contributed by atoms with van der Waals surface area (Å²) in [4.78, 5) is 26.5.